The number of aryl methyl sites for hydroxylation is 1. The molecule has 17 heavy (non-hydrogen) atoms. The molecule has 2 rings (SSSR count). The lowest BCUT2D eigenvalue weighted by Crippen LogP contribution is -2.13. The van der Waals surface area contributed by atoms with Crippen LogP contribution in [-0.4, -0.2) is 22.1 Å². The average Bonchev–Trinajstić information content (AvgIpc) is 2.25. The summed E-state index contributed by atoms with van der Waals surface area (Å²) >= 11 is 0. The van der Waals surface area contributed by atoms with Crippen molar-refractivity contribution in [3.05, 3.63) is 28.2 Å². The third-order valence-corrected chi connectivity index (χ3v) is 3.30. The van der Waals surface area contributed by atoms with E-state index >= 15 is 0 Å². The van der Waals surface area contributed by atoms with Gasteiger partial charge in [-0.15, -0.1) is 3.89 Å². The molecule has 1 aliphatic heterocycles. The van der Waals surface area contributed by atoms with E-state index in [1.165, 1.54) is 13.2 Å². The molecule has 0 bridgehead atoms. The maximum atomic E-state index is 12.8. The van der Waals surface area contributed by atoms with Gasteiger partial charge in [0.2, 0.25) is 0 Å². The molecule has 0 radical (unpaired) electrons. The lowest BCUT2D eigenvalue weighted by atomic mass is 10.1. The van der Waals surface area contributed by atoms with E-state index in [9.17, 15) is 12.3 Å². The molecule has 1 aromatic carbocycles. The third-order valence-electron chi connectivity index (χ3n) is 2.44. The summed E-state index contributed by atoms with van der Waals surface area (Å²) in [6, 6.07) is 3.48. The number of halogens is 1. The Bertz CT molecular complexity index is 590. The van der Waals surface area contributed by atoms with Crippen LogP contribution in [0.5, 0.6) is 11.5 Å². The van der Waals surface area contributed by atoms with Crippen LogP contribution >= 0.6 is 0 Å². The second kappa shape index (κ2) is 4.03. The first kappa shape index (κ1) is 11.9. The van der Waals surface area contributed by atoms with E-state index in [2.05, 4.69) is 0 Å². The van der Waals surface area contributed by atoms with Crippen LogP contribution in [-0.2, 0) is 10.2 Å². The van der Waals surface area contributed by atoms with E-state index in [-0.39, 0.29) is 11.5 Å². The highest BCUT2D eigenvalue weighted by Gasteiger charge is 2.24. The van der Waals surface area contributed by atoms with Crippen molar-refractivity contribution < 1.29 is 21.8 Å². The molecular formula is C11H11FO4S. The standard InChI is InChI=1S/C11H11FO4S/c1-7-3-8-5-9(17(12,13)14)6-16-11(8)10(4-7)15-2/h3-5H,6H2,1-2H3. The molecule has 1 aromatic rings. The molecule has 6 heteroatoms. The minimum Gasteiger partial charge on any atom is -0.493 e. The SMILES string of the molecule is COc1cc(C)cc2c1OCC(S(=O)(=O)F)=C2. The lowest BCUT2D eigenvalue weighted by Gasteiger charge is -2.19. The van der Waals surface area contributed by atoms with Crippen molar-refractivity contribution in [2.75, 3.05) is 13.7 Å². The Morgan fingerprint density at radius 3 is 2.71 bits per heavy atom. The number of hydrogen-bond acceptors (Lipinski definition) is 4. The van der Waals surface area contributed by atoms with Crippen LogP contribution in [0.2, 0.25) is 0 Å². The number of ether oxygens (including phenoxy) is 2. The molecule has 0 saturated carbocycles. The fourth-order valence-electron chi connectivity index (χ4n) is 1.68. The van der Waals surface area contributed by atoms with Gasteiger partial charge in [-0.05, 0) is 30.7 Å². The van der Waals surface area contributed by atoms with Gasteiger partial charge in [0.25, 0.3) is 0 Å². The van der Waals surface area contributed by atoms with Crippen molar-refractivity contribution in [1.82, 2.24) is 0 Å². The van der Waals surface area contributed by atoms with Gasteiger partial charge in [-0.25, -0.2) is 0 Å². The van der Waals surface area contributed by atoms with E-state index in [1.807, 2.05) is 6.92 Å². The van der Waals surface area contributed by atoms with Gasteiger partial charge in [-0.3, -0.25) is 0 Å². The van der Waals surface area contributed by atoms with Crippen LogP contribution in [0, 0.1) is 6.92 Å². The van der Waals surface area contributed by atoms with Crippen LogP contribution < -0.4 is 9.47 Å². The van der Waals surface area contributed by atoms with Crippen molar-refractivity contribution in [3.8, 4) is 11.5 Å². The summed E-state index contributed by atoms with van der Waals surface area (Å²) in [5.74, 6) is 0.942. The second-order valence-electron chi connectivity index (χ2n) is 3.72. The minimum absolute atomic E-state index is 0.314. The molecule has 0 spiro atoms. The van der Waals surface area contributed by atoms with Gasteiger partial charge in [0.05, 0.1) is 7.11 Å². The molecule has 0 fully saturated rings. The van der Waals surface area contributed by atoms with Gasteiger partial charge in [0, 0.05) is 5.56 Å². The van der Waals surface area contributed by atoms with E-state index < -0.39 is 10.2 Å². The van der Waals surface area contributed by atoms with Gasteiger partial charge >= 0.3 is 10.2 Å². The summed E-state index contributed by atoms with van der Waals surface area (Å²) in [4.78, 5) is -0.377. The molecule has 4 nitrogen and oxygen atoms in total. The summed E-state index contributed by atoms with van der Waals surface area (Å²) in [7, 11) is -3.22. The zero-order valence-electron chi connectivity index (χ0n) is 9.36. The maximum Gasteiger partial charge on any atom is 0.331 e. The Hall–Kier alpha value is -1.56. The topological polar surface area (TPSA) is 52.6 Å². The monoisotopic (exact) mass is 258 g/mol. The molecule has 0 N–H and O–H groups in total. The highest BCUT2D eigenvalue weighted by Crippen LogP contribution is 2.37. The highest BCUT2D eigenvalue weighted by molar-refractivity contribution is 7.90. The summed E-state index contributed by atoms with van der Waals surface area (Å²) in [6.45, 7) is 1.51. The van der Waals surface area contributed by atoms with Crippen molar-refractivity contribution >= 4 is 16.3 Å². The second-order valence-corrected chi connectivity index (χ2v) is 5.12. The molecule has 0 aromatic heterocycles. The lowest BCUT2D eigenvalue weighted by molar-refractivity contribution is 0.318. The van der Waals surface area contributed by atoms with Gasteiger partial charge in [0.1, 0.15) is 11.5 Å². The molecule has 1 aliphatic rings. The molecule has 0 unspecified atom stereocenters. The van der Waals surface area contributed by atoms with Crippen molar-refractivity contribution in [2.24, 2.45) is 0 Å². The maximum absolute atomic E-state index is 12.8. The van der Waals surface area contributed by atoms with E-state index in [1.54, 1.807) is 12.1 Å². The van der Waals surface area contributed by atoms with Gasteiger partial charge in [0.15, 0.2) is 11.5 Å². The molecular weight excluding hydrogens is 247 g/mol. The molecule has 0 aliphatic carbocycles. The average molecular weight is 258 g/mol. The third kappa shape index (κ3) is 2.26. The quantitative estimate of drug-likeness (QED) is 0.762. The zero-order chi connectivity index (χ0) is 12.6. The largest absolute Gasteiger partial charge is 0.493 e. The summed E-state index contributed by atoms with van der Waals surface area (Å²) < 4.78 is 44.8. The minimum atomic E-state index is -4.71. The predicted molar refractivity (Wildman–Crippen MR) is 61.2 cm³/mol. The molecule has 0 amide bonds. The van der Waals surface area contributed by atoms with Crippen LogP contribution in [0.1, 0.15) is 11.1 Å². The Morgan fingerprint density at radius 1 is 1.41 bits per heavy atom. The normalized spacial score (nSPS) is 14.6. The van der Waals surface area contributed by atoms with Gasteiger partial charge in [-0.1, -0.05) is 0 Å². The predicted octanol–water partition coefficient (Wildman–Crippen LogP) is 2.04. The van der Waals surface area contributed by atoms with Crippen molar-refractivity contribution in [1.29, 1.82) is 0 Å². The number of methoxy groups -OCH3 is 1. The number of fused-ring (bicyclic) bond motifs is 1. The summed E-state index contributed by atoms with van der Waals surface area (Å²) in [5, 5.41) is 0. The fraction of sp³-hybridized carbons (Fsp3) is 0.273. The van der Waals surface area contributed by atoms with E-state index in [0.29, 0.717) is 17.1 Å². The number of hydrogen-bond donors (Lipinski definition) is 0. The Kier molecular flexibility index (Phi) is 2.82. The van der Waals surface area contributed by atoms with Crippen molar-refractivity contribution in [2.45, 2.75) is 6.92 Å². The van der Waals surface area contributed by atoms with Crippen LogP contribution in [0.25, 0.3) is 6.08 Å². The molecule has 92 valence electrons. The fourth-order valence-corrected chi connectivity index (χ4v) is 2.15. The van der Waals surface area contributed by atoms with Gasteiger partial charge < -0.3 is 9.47 Å². The van der Waals surface area contributed by atoms with Crippen molar-refractivity contribution in [3.63, 3.8) is 0 Å². The first-order valence-electron chi connectivity index (χ1n) is 4.88. The first-order valence-corrected chi connectivity index (χ1v) is 6.27. The molecule has 1 heterocycles. The van der Waals surface area contributed by atoms with Crippen LogP contribution in [0.3, 0.4) is 0 Å². The molecule has 0 atom stereocenters. The summed E-state index contributed by atoms with van der Waals surface area (Å²) in [5.41, 5.74) is 1.38. The Labute approximate surface area is 98.9 Å². The smallest absolute Gasteiger partial charge is 0.331 e. The van der Waals surface area contributed by atoms with E-state index in [4.69, 9.17) is 9.47 Å². The Morgan fingerprint density at radius 2 is 2.12 bits per heavy atom. The number of benzene rings is 1. The van der Waals surface area contributed by atoms with Gasteiger partial charge in [-0.2, -0.15) is 8.42 Å². The highest BCUT2D eigenvalue weighted by atomic mass is 32.3. The number of rotatable bonds is 2. The van der Waals surface area contributed by atoms with Crippen LogP contribution in [0.15, 0.2) is 17.0 Å². The zero-order valence-corrected chi connectivity index (χ0v) is 10.2. The summed E-state index contributed by atoms with van der Waals surface area (Å²) in [6.07, 6.45) is 1.27. The molecule has 0 saturated heterocycles. The van der Waals surface area contributed by atoms with E-state index in [0.717, 1.165) is 5.56 Å². The Balaban J connectivity index is 2.59. The van der Waals surface area contributed by atoms with Crippen LogP contribution in [0.4, 0.5) is 3.89 Å². The first-order chi connectivity index (χ1) is 7.91.